The predicted octanol–water partition coefficient (Wildman–Crippen LogP) is 1.73. The molecule has 1 aliphatic heterocycles. The monoisotopic (exact) mass is 283 g/mol. The maximum Gasteiger partial charge on any atom is 0.270 e. The van der Waals surface area contributed by atoms with Gasteiger partial charge in [0.25, 0.3) is 11.6 Å². The van der Waals surface area contributed by atoms with Gasteiger partial charge in [0.2, 0.25) is 0 Å². The molecule has 2 rings (SSSR count). The molecule has 1 saturated heterocycles. The van der Waals surface area contributed by atoms with Crippen LogP contribution in [0, 0.1) is 10.1 Å². The summed E-state index contributed by atoms with van der Waals surface area (Å²) in [6, 6.07) is 3.95. The van der Waals surface area contributed by atoms with Gasteiger partial charge in [-0.25, -0.2) is 0 Å². The second-order valence-electron chi connectivity index (χ2n) is 4.42. The summed E-state index contributed by atoms with van der Waals surface area (Å²) in [5.74, 6) is -0.361. The first-order valence-corrected chi connectivity index (χ1v) is 6.41. The second kappa shape index (κ2) is 5.99. The lowest BCUT2D eigenvalue weighted by Crippen LogP contribution is -2.42. The zero-order valence-electron chi connectivity index (χ0n) is 10.2. The minimum atomic E-state index is -0.544. The molecule has 1 fully saturated rings. The molecule has 1 amide bonds. The van der Waals surface area contributed by atoms with E-state index >= 15 is 0 Å². The molecule has 0 aromatic heterocycles. The van der Waals surface area contributed by atoms with Crippen molar-refractivity contribution in [3.05, 3.63) is 38.9 Å². The van der Waals surface area contributed by atoms with Crippen molar-refractivity contribution in [1.29, 1.82) is 0 Å². The standard InChI is InChI=1S/C12H14ClN3O3/c13-11-2-1-9(16(18)19)7-10(11)12(17)15-8-3-5-14-6-4-8/h1-2,7-8,14H,3-6H2,(H,15,17). The first kappa shape index (κ1) is 13.8. The second-order valence-corrected chi connectivity index (χ2v) is 4.83. The van der Waals surface area contributed by atoms with Crippen molar-refractivity contribution in [2.24, 2.45) is 0 Å². The van der Waals surface area contributed by atoms with Crippen LogP contribution in [0.15, 0.2) is 18.2 Å². The summed E-state index contributed by atoms with van der Waals surface area (Å²) in [7, 11) is 0. The van der Waals surface area contributed by atoms with Gasteiger partial charge in [0.1, 0.15) is 0 Å². The van der Waals surface area contributed by atoms with Crippen molar-refractivity contribution in [2.45, 2.75) is 18.9 Å². The van der Waals surface area contributed by atoms with Crippen LogP contribution in [0.25, 0.3) is 0 Å². The largest absolute Gasteiger partial charge is 0.349 e. The van der Waals surface area contributed by atoms with Crippen molar-refractivity contribution in [3.8, 4) is 0 Å². The molecular weight excluding hydrogens is 270 g/mol. The van der Waals surface area contributed by atoms with Gasteiger partial charge in [0.05, 0.1) is 15.5 Å². The first-order valence-electron chi connectivity index (χ1n) is 6.03. The van der Waals surface area contributed by atoms with Crippen LogP contribution in [-0.4, -0.2) is 30.0 Å². The van der Waals surface area contributed by atoms with E-state index in [1.165, 1.54) is 18.2 Å². The molecule has 102 valence electrons. The molecule has 0 spiro atoms. The van der Waals surface area contributed by atoms with Crippen molar-refractivity contribution < 1.29 is 9.72 Å². The number of hydrogen-bond donors (Lipinski definition) is 2. The summed E-state index contributed by atoms with van der Waals surface area (Å²) in [4.78, 5) is 22.2. The highest BCUT2D eigenvalue weighted by molar-refractivity contribution is 6.33. The minimum absolute atomic E-state index is 0.0871. The maximum absolute atomic E-state index is 12.1. The smallest absolute Gasteiger partial charge is 0.270 e. The molecule has 0 atom stereocenters. The van der Waals surface area contributed by atoms with E-state index < -0.39 is 4.92 Å². The van der Waals surface area contributed by atoms with Gasteiger partial charge >= 0.3 is 0 Å². The third kappa shape index (κ3) is 3.42. The zero-order chi connectivity index (χ0) is 13.8. The Kier molecular flexibility index (Phi) is 4.34. The van der Waals surface area contributed by atoms with Gasteiger partial charge in [0, 0.05) is 18.2 Å². The summed E-state index contributed by atoms with van der Waals surface area (Å²) in [5.41, 5.74) is 0.00857. The van der Waals surface area contributed by atoms with E-state index in [0.29, 0.717) is 0 Å². The Balaban J connectivity index is 2.13. The van der Waals surface area contributed by atoms with Crippen molar-refractivity contribution in [2.75, 3.05) is 13.1 Å². The lowest BCUT2D eigenvalue weighted by Gasteiger charge is -2.23. The number of piperidine rings is 1. The minimum Gasteiger partial charge on any atom is -0.349 e. The molecular formula is C12H14ClN3O3. The summed E-state index contributed by atoms with van der Waals surface area (Å²) in [6.45, 7) is 1.71. The number of halogens is 1. The zero-order valence-corrected chi connectivity index (χ0v) is 10.9. The average molecular weight is 284 g/mol. The number of carbonyl (C=O) groups is 1. The molecule has 2 N–H and O–H groups in total. The molecule has 1 aliphatic rings. The Morgan fingerprint density at radius 1 is 1.42 bits per heavy atom. The van der Waals surface area contributed by atoms with Gasteiger partial charge in [-0.2, -0.15) is 0 Å². The number of nitrogens with one attached hydrogen (secondary N) is 2. The lowest BCUT2D eigenvalue weighted by atomic mass is 10.1. The Labute approximate surface area is 115 Å². The van der Waals surface area contributed by atoms with Crippen molar-refractivity contribution >= 4 is 23.2 Å². The van der Waals surface area contributed by atoms with Gasteiger partial charge in [-0.15, -0.1) is 0 Å². The molecule has 1 heterocycles. The van der Waals surface area contributed by atoms with Gasteiger partial charge in [0.15, 0.2) is 0 Å². The number of benzene rings is 1. The highest BCUT2D eigenvalue weighted by atomic mass is 35.5. The molecule has 0 bridgehead atoms. The van der Waals surface area contributed by atoms with Crippen LogP contribution in [0.3, 0.4) is 0 Å². The normalized spacial score (nSPS) is 16.1. The Hall–Kier alpha value is -1.66. The number of nitro groups is 1. The van der Waals surface area contributed by atoms with Crippen molar-refractivity contribution in [3.63, 3.8) is 0 Å². The Morgan fingerprint density at radius 2 is 2.11 bits per heavy atom. The lowest BCUT2D eigenvalue weighted by molar-refractivity contribution is -0.384. The van der Waals surface area contributed by atoms with Gasteiger partial charge in [-0.05, 0) is 32.0 Å². The van der Waals surface area contributed by atoms with E-state index in [1.807, 2.05) is 0 Å². The third-order valence-electron chi connectivity index (χ3n) is 3.08. The number of amides is 1. The summed E-state index contributed by atoms with van der Waals surface area (Å²) in [5, 5.41) is 17.0. The third-order valence-corrected chi connectivity index (χ3v) is 3.41. The number of nitro benzene ring substituents is 1. The topological polar surface area (TPSA) is 84.3 Å². The molecule has 7 heteroatoms. The van der Waals surface area contributed by atoms with Gasteiger partial charge < -0.3 is 10.6 Å². The molecule has 0 aliphatic carbocycles. The highest BCUT2D eigenvalue weighted by Crippen LogP contribution is 2.22. The van der Waals surface area contributed by atoms with Gasteiger partial charge in [-0.3, -0.25) is 14.9 Å². The Bertz CT molecular complexity index is 501. The van der Waals surface area contributed by atoms with E-state index in [4.69, 9.17) is 11.6 Å². The fourth-order valence-corrected chi connectivity index (χ4v) is 2.23. The number of nitrogens with zero attached hydrogens (tertiary/aromatic N) is 1. The fourth-order valence-electron chi connectivity index (χ4n) is 2.03. The molecule has 0 saturated carbocycles. The predicted molar refractivity (Wildman–Crippen MR) is 71.5 cm³/mol. The van der Waals surface area contributed by atoms with Crippen LogP contribution in [0.2, 0.25) is 5.02 Å². The average Bonchev–Trinajstić information content (AvgIpc) is 2.40. The SMILES string of the molecule is O=C(NC1CCNCC1)c1cc([N+](=O)[O-])ccc1Cl. The van der Waals surface area contributed by atoms with Crippen LogP contribution in [0.5, 0.6) is 0 Å². The van der Waals surface area contributed by atoms with E-state index in [2.05, 4.69) is 10.6 Å². The quantitative estimate of drug-likeness (QED) is 0.653. The van der Waals surface area contributed by atoms with Crippen LogP contribution in [0.1, 0.15) is 23.2 Å². The summed E-state index contributed by atoms with van der Waals surface area (Å²) < 4.78 is 0. The fraction of sp³-hybridized carbons (Fsp3) is 0.417. The molecule has 6 nitrogen and oxygen atoms in total. The number of rotatable bonds is 3. The molecule has 0 radical (unpaired) electrons. The number of non-ortho nitro benzene ring substituents is 1. The van der Waals surface area contributed by atoms with Crippen molar-refractivity contribution in [1.82, 2.24) is 10.6 Å². The molecule has 1 aromatic rings. The van der Waals surface area contributed by atoms with Gasteiger partial charge in [-0.1, -0.05) is 11.6 Å². The molecule has 19 heavy (non-hydrogen) atoms. The van der Waals surface area contributed by atoms with E-state index in [9.17, 15) is 14.9 Å². The van der Waals surface area contributed by atoms with E-state index in [-0.39, 0.29) is 28.2 Å². The van der Waals surface area contributed by atoms with E-state index in [1.54, 1.807) is 0 Å². The Morgan fingerprint density at radius 3 is 2.74 bits per heavy atom. The highest BCUT2D eigenvalue weighted by Gasteiger charge is 2.20. The van der Waals surface area contributed by atoms with Crippen LogP contribution in [0.4, 0.5) is 5.69 Å². The van der Waals surface area contributed by atoms with Crippen LogP contribution >= 0.6 is 11.6 Å². The van der Waals surface area contributed by atoms with Crippen LogP contribution in [-0.2, 0) is 0 Å². The first-order chi connectivity index (χ1) is 9.08. The molecule has 1 aromatic carbocycles. The number of carbonyl (C=O) groups excluding carboxylic acids is 1. The van der Waals surface area contributed by atoms with Crippen LogP contribution < -0.4 is 10.6 Å². The van der Waals surface area contributed by atoms with E-state index in [0.717, 1.165) is 25.9 Å². The summed E-state index contributed by atoms with van der Waals surface area (Å²) in [6.07, 6.45) is 1.69. The number of hydrogen-bond acceptors (Lipinski definition) is 4. The summed E-state index contributed by atoms with van der Waals surface area (Å²) >= 11 is 5.92. The molecule has 0 unspecified atom stereocenters. The maximum atomic E-state index is 12.1.